The first-order valence-corrected chi connectivity index (χ1v) is 21.7. The summed E-state index contributed by atoms with van der Waals surface area (Å²) < 4.78 is 11.3. The van der Waals surface area contributed by atoms with Crippen molar-refractivity contribution < 1.29 is 4.42 Å². The molecule has 300 valence electrons. The first-order chi connectivity index (χ1) is 31.7. The summed E-state index contributed by atoms with van der Waals surface area (Å²) in [5, 5.41) is 7.38. The Morgan fingerprint density at radius 3 is 1.69 bits per heavy atom. The van der Waals surface area contributed by atoms with Gasteiger partial charge in [0.2, 0.25) is 5.89 Å². The summed E-state index contributed by atoms with van der Waals surface area (Å²) in [5.74, 6) is 0.616. The minimum atomic E-state index is 0.616. The van der Waals surface area contributed by atoms with Gasteiger partial charge < -0.3 is 18.5 Å². The van der Waals surface area contributed by atoms with Crippen molar-refractivity contribution in [2.45, 2.75) is 0 Å². The van der Waals surface area contributed by atoms with Crippen LogP contribution in [0.25, 0.3) is 99.4 Å². The predicted octanol–water partition coefficient (Wildman–Crippen LogP) is 16.0. The van der Waals surface area contributed by atoms with Crippen LogP contribution in [-0.4, -0.2) is 14.1 Å². The molecule has 0 N–H and O–H groups in total. The monoisotopic (exact) mass is 818 g/mol. The Kier molecular flexibility index (Phi) is 8.15. The fraction of sp³-hybridized carbons (Fsp3) is 0. The fourth-order valence-electron chi connectivity index (χ4n) is 9.84. The van der Waals surface area contributed by atoms with Crippen LogP contribution in [0.4, 0.5) is 17.1 Å². The Labute approximate surface area is 368 Å². The third-order valence-corrected chi connectivity index (χ3v) is 12.7. The molecule has 0 spiro atoms. The quantitative estimate of drug-likeness (QED) is 0.161. The molecule has 13 rings (SSSR count). The summed E-state index contributed by atoms with van der Waals surface area (Å²) in [4.78, 5) is 7.26. The lowest BCUT2D eigenvalue weighted by Gasteiger charge is -2.26. The van der Waals surface area contributed by atoms with E-state index < -0.39 is 0 Å². The maximum Gasteiger partial charge on any atom is 0.227 e. The van der Waals surface area contributed by atoms with Crippen molar-refractivity contribution >= 4 is 82.5 Å². The summed E-state index contributed by atoms with van der Waals surface area (Å²) in [6.45, 7) is 0. The highest BCUT2D eigenvalue weighted by atomic mass is 16.3. The number of para-hydroxylation sites is 4. The van der Waals surface area contributed by atoms with E-state index in [0.717, 1.165) is 67.3 Å². The molecule has 0 bridgehead atoms. The van der Waals surface area contributed by atoms with Crippen LogP contribution in [0.2, 0.25) is 0 Å². The second-order valence-electron chi connectivity index (χ2n) is 16.4. The third-order valence-electron chi connectivity index (χ3n) is 12.7. The number of hydrogen-bond donors (Lipinski definition) is 0. The third kappa shape index (κ3) is 5.68. The fourth-order valence-corrected chi connectivity index (χ4v) is 9.84. The number of anilines is 3. The molecule has 0 unspecified atom stereocenters. The molecule has 0 saturated carbocycles. The van der Waals surface area contributed by atoms with Crippen LogP contribution < -0.4 is 4.90 Å². The molecule has 3 heterocycles. The molecule has 0 aliphatic rings. The van der Waals surface area contributed by atoms with E-state index in [9.17, 15) is 0 Å². The number of rotatable bonds is 7. The zero-order chi connectivity index (χ0) is 42.1. The van der Waals surface area contributed by atoms with Crippen molar-refractivity contribution in [3.8, 4) is 34.0 Å². The number of oxazole rings is 1. The zero-order valence-electron chi connectivity index (χ0n) is 34.6. The van der Waals surface area contributed by atoms with Crippen LogP contribution >= 0.6 is 0 Å². The van der Waals surface area contributed by atoms with Gasteiger partial charge in [-0.3, -0.25) is 0 Å². The van der Waals surface area contributed by atoms with E-state index in [4.69, 9.17) is 9.40 Å². The van der Waals surface area contributed by atoms with E-state index in [1.807, 2.05) is 36.4 Å². The number of fused-ring (bicyclic) bond motifs is 9. The van der Waals surface area contributed by atoms with Crippen molar-refractivity contribution in [2.75, 3.05) is 4.90 Å². The van der Waals surface area contributed by atoms with Gasteiger partial charge in [-0.1, -0.05) is 140 Å². The largest absolute Gasteiger partial charge is 0.435 e. The van der Waals surface area contributed by atoms with Gasteiger partial charge in [0, 0.05) is 61.1 Å². The second kappa shape index (κ2) is 14.5. The number of hydrogen-bond acceptors (Lipinski definition) is 3. The molecule has 3 aromatic heterocycles. The van der Waals surface area contributed by atoms with Gasteiger partial charge in [-0.2, -0.15) is 0 Å². The molecule has 0 amide bonds. The molecule has 0 aliphatic heterocycles. The van der Waals surface area contributed by atoms with Gasteiger partial charge >= 0.3 is 0 Å². The van der Waals surface area contributed by atoms with Gasteiger partial charge in [0.25, 0.3) is 0 Å². The summed E-state index contributed by atoms with van der Waals surface area (Å²) >= 11 is 0. The molecule has 5 nitrogen and oxygen atoms in total. The Morgan fingerprint density at radius 1 is 0.375 bits per heavy atom. The van der Waals surface area contributed by atoms with Crippen LogP contribution in [0.5, 0.6) is 0 Å². The molecule has 5 heteroatoms. The Bertz CT molecular complexity index is 3880. The second-order valence-corrected chi connectivity index (χ2v) is 16.4. The summed E-state index contributed by atoms with van der Waals surface area (Å²) in [6, 6.07) is 82.3. The van der Waals surface area contributed by atoms with E-state index in [0.29, 0.717) is 5.89 Å². The highest BCUT2D eigenvalue weighted by molar-refractivity contribution is 6.22. The molecular weight excluding hydrogens is 781 g/mol. The zero-order valence-corrected chi connectivity index (χ0v) is 34.6. The molecule has 0 saturated heterocycles. The molecule has 0 radical (unpaired) electrons. The van der Waals surface area contributed by atoms with Gasteiger partial charge in [-0.15, -0.1) is 0 Å². The Hall–Kier alpha value is -8.67. The van der Waals surface area contributed by atoms with Crippen LogP contribution in [0, 0.1) is 0 Å². The maximum absolute atomic E-state index is 6.48. The van der Waals surface area contributed by atoms with Crippen LogP contribution in [-0.2, 0) is 0 Å². The average molecular weight is 819 g/mol. The summed E-state index contributed by atoms with van der Waals surface area (Å²) in [5.41, 5.74) is 14.6. The number of benzene rings is 10. The smallest absolute Gasteiger partial charge is 0.227 e. The topological polar surface area (TPSA) is 39.1 Å². The van der Waals surface area contributed by atoms with Crippen molar-refractivity contribution in [2.24, 2.45) is 0 Å². The van der Waals surface area contributed by atoms with Crippen LogP contribution in [0.1, 0.15) is 0 Å². The van der Waals surface area contributed by atoms with Crippen LogP contribution in [0.15, 0.2) is 235 Å². The normalized spacial score (nSPS) is 11.8. The Morgan fingerprint density at radius 2 is 0.953 bits per heavy atom. The van der Waals surface area contributed by atoms with Crippen LogP contribution in [0.3, 0.4) is 0 Å². The first-order valence-electron chi connectivity index (χ1n) is 21.7. The molecule has 10 aromatic carbocycles. The van der Waals surface area contributed by atoms with E-state index in [1.165, 1.54) is 43.4 Å². The number of aromatic nitrogens is 3. The summed E-state index contributed by atoms with van der Waals surface area (Å²) in [6.07, 6.45) is 0. The predicted molar refractivity (Wildman–Crippen MR) is 266 cm³/mol. The molecular formula is C59H38N4O. The SMILES string of the molecule is c1ccc(-c2nc3cccc(-c4ccc(N(c5ccc6c7ccccc7n(-c7ccccc7)c6c5)c5ccc6c7c8ccccc8ccc7n(-c7ccccc7)c6c5)cc4)c3o2)cc1. The van der Waals surface area contributed by atoms with Crippen molar-refractivity contribution in [1.29, 1.82) is 0 Å². The highest BCUT2D eigenvalue weighted by Crippen LogP contribution is 2.44. The van der Waals surface area contributed by atoms with Gasteiger partial charge in [-0.25, -0.2) is 4.98 Å². The lowest BCUT2D eigenvalue weighted by Crippen LogP contribution is -2.10. The van der Waals surface area contributed by atoms with Gasteiger partial charge in [0.15, 0.2) is 5.58 Å². The van der Waals surface area contributed by atoms with E-state index in [1.54, 1.807) is 0 Å². The maximum atomic E-state index is 6.48. The minimum absolute atomic E-state index is 0.616. The number of nitrogens with zero attached hydrogens (tertiary/aromatic N) is 4. The Balaban J connectivity index is 1.03. The lowest BCUT2D eigenvalue weighted by molar-refractivity contribution is 0.621. The van der Waals surface area contributed by atoms with Crippen molar-refractivity contribution in [3.05, 3.63) is 231 Å². The first kappa shape index (κ1) is 36.0. The van der Waals surface area contributed by atoms with E-state index in [-0.39, 0.29) is 0 Å². The molecule has 0 fully saturated rings. The van der Waals surface area contributed by atoms with Crippen molar-refractivity contribution in [1.82, 2.24) is 14.1 Å². The minimum Gasteiger partial charge on any atom is -0.435 e. The average Bonchev–Trinajstić information content (AvgIpc) is 4.05. The molecule has 0 aliphatic carbocycles. The van der Waals surface area contributed by atoms with Gasteiger partial charge in [0.1, 0.15) is 5.52 Å². The highest BCUT2D eigenvalue weighted by Gasteiger charge is 2.22. The molecule has 13 aromatic rings. The van der Waals surface area contributed by atoms with E-state index >= 15 is 0 Å². The van der Waals surface area contributed by atoms with E-state index in [2.05, 4.69) is 208 Å². The molecule has 64 heavy (non-hydrogen) atoms. The van der Waals surface area contributed by atoms with Crippen molar-refractivity contribution in [3.63, 3.8) is 0 Å². The lowest BCUT2D eigenvalue weighted by atomic mass is 10.0. The summed E-state index contributed by atoms with van der Waals surface area (Å²) in [7, 11) is 0. The van der Waals surface area contributed by atoms with Gasteiger partial charge in [-0.05, 0) is 107 Å². The molecule has 0 atom stereocenters. The standard InChI is InChI=1S/C59H38N4O/c1-4-16-41(17-5-1)59-60-52-25-14-24-48(58(52)64-59)40-27-30-44(31-28-40)61(45-32-34-50-49-23-12-13-26-53(49)62(55(50)37-45)42-18-6-2-7-19-42)46-33-35-51-56(38-46)63(43-20-8-3-9-21-43)54-36-29-39-15-10-11-22-47(39)57(51)54/h1-38H. The van der Waals surface area contributed by atoms with Gasteiger partial charge in [0.05, 0.1) is 22.1 Å².